The maximum absolute atomic E-state index is 11.8. The lowest BCUT2D eigenvalue weighted by atomic mass is 10.2. The molecule has 8 heteroatoms. The van der Waals surface area contributed by atoms with Gasteiger partial charge >= 0.3 is 0 Å². The Labute approximate surface area is 130 Å². The Bertz CT molecular complexity index is 1040. The molecule has 0 fully saturated rings. The molecule has 0 saturated heterocycles. The second kappa shape index (κ2) is 5.24. The molecule has 4 rings (SSSR count). The van der Waals surface area contributed by atoms with E-state index in [0.717, 1.165) is 16.7 Å². The molecule has 1 aromatic carbocycles. The van der Waals surface area contributed by atoms with E-state index in [-0.39, 0.29) is 5.56 Å². The molecule has 0 aliphatic rings. The summed E-state index contributed by atoms with van der Waals surface area (Å²) in [7, 11) is 0. The number of benzene rings is 1. The van der Waals surface area contributed by atoms with E-state index in [9.17, 15) is 4.79 Å². The molecular formula is C15H14N6O2. The van der Waals surface area contributed by atoms with Crippen molar-refractivity contribution in [2.75, 3.05) is 11.9 Å². The van der Waals surface area contributed by atoms with Gasteiger partial charge in [0.2, 0.25) is 5.95 Å². The van der Waals surface area contributed by atoms with Gasteiger partial charge < -0.3 is 9.73 Å². The maximum atomic E-state index is 11.8. The number of rotatable bonds is 4. The summed E-state index contributed by atoms with van der Waals surface area (Å²) < 4.78 is 5.71. The zero-order chi connectivity index (χ0) is 15.8. The fraction of sp³-hybridized carbons (Fsp3) is 0.200. The highest BCUT2D eigenvalue weighted by Gasteiger charge is 2.08. The summed E-state index contributed by atoms with van der Waals surface area (Å²) in [4.78, 5) is 23.2. The quantitative estimate of drug-likeness (QED) is 0.529. The molecule has 23 heavy (non-hydrogen) atoms. The van der Waals surface area contributed by atoms with Crippen molar-refractivity contribution in [1.29, 1.82) is 0 Å². The third-order valence-corrected chi connectivity index (χ3v) is 3.62. The highest BCUT2D eigenvalue weighted by atomic mass is 16.3. The fourth-order valence-corrected chi connectivity index (χ4v) is 2.46. The smallest absolute Gasteiger partial charge is 0.263 e. The van der Waals surface area contributed by atoms with E-state index in [0.29, 0.717) is 35.8 Å². The van der Waals surface area contributed by atoms with Crippen molar-refractivity contribution >= 4 is 28.1 Å². The van der Waals surface area contributed by atoms with Crippen LogP contribution in [0.5, 0.6) is 0 Å². The van der Waals surface area contributed by atoms with Crippen LogP contribution in [0, 0.1) is 6.92 Å². The third kappa shape index (κ3) is 2.44. The molecule has 4 aromatic rings. The summed E-state index contributed by atoms with van der Waals surface area (Å²) in [6, 6.07) is 5.85. The predicted molar refractivity (Wildman–Crippen MR) is 85.4 cm³/mol. The van der Waals surface area contributed by atoms with Crippen LogP contribution >= 0.6 is 0 Å². The molecule has 0 aliphatic carbocycles. The van der Waals surface area contributed by atoms with Crippen LogP contribution in [-0.4, -0.2) is 31.7 Å². The van der Waals surface area contributed by atoms with Gasteiger partial charge in [0.05, 0.1) is 6.20 Å². The molecule has 0 saturated carbocycles. The molecule has 0 radical (unpaired) electrons. The van der Waals surface area contributed by atoms with Crippen molar-refractivity contribution in [2.45, 2.75) is 13.3 Å². The van der Waals surface area contributed by atoms with Crippen molar-refractivity contribution in [3.63, 3.8) is 0 Å². The second-order valence-electron chi connectivity index (χ2n) is 5.25. The third-order valence-electron chi connectivity index (χ3n) is 3.62. The summed E-state index contributed by atoms with van der Waals surface area (Å²) in [5.41, 5.74) is 2.97. The van der Waals surface area contributed by atoms with E-state index in [4.69, 9.17) is 4.42 Å². The Morgan fingerprint density at radius 3 is 3.09 bits per heavy atom. The molecule has 0 aliphatic heterocycles. The van der Waals surface area contributed by atoms with Crippen LogP contribution in [0.3, 0.4) is 0 Å². The molecule has 3 N–H and O–H groups in total. The van der Waals surface area contributed by atoms with Crippen LogP contribution in [-0.2, 0) is 6.42 Å². The minimum absolute atomic E-state index is 0.233. The fourth-order valence-electron chi connectivity index (χ4n) is 2.46. The Morgan fingerprint density at radius 2 is 2.22 bits per heavy atom. The molecule has 0 unspecified atom stereocenters. The Kier molecular flexibility index (Phi) is 3.07. The number of aryl methyl sites for hydroxylation is 1. The van der Waals surface area contributed by atoms with Gasteiger partial charge in [-0.05, 0) is 18.6 Å². The summed E-state index contributed by atoms with van der Waals surface area (Å²) in [5, 5.41) is 9.98. The predicted octanol–water partition coefficient (Wildman–Crippen LogP) is 1.75. The SMILES string of the molecule is Cc1cccc2oc(CCNc3nc4[nH]ncc4c(=O)[nH]3)nc12. The van der Waals surface area contributed by atoms with E-state index in [1.807, 2.05) is 25.1 Å². The molecule has 0 bridgehead atoms. The van der Waals surface area contributed by atoms with Crippen LogP contribution in [0.1, 0.15) is 11.5 Å². The van der Waals surface area contributed by atoms with Crippen LogP contribution in [0.15, 0.2) is 33.6 Å². The first-order valence-electron chi connectivity index (χ1n) is 7.23. The van der Waals surface area contributed by atoms with Gasteiger partial charge in [-0.25, -0.2) is 4.98 Å². The lowest BCUT2D eigenvalue weighted by Crippen LogP contribution is -2.14. The normalized spacial score (nSPS) is 11.3. The van der Waals surface area contributed by atoms with Gasteiger partial charge in [0, 0.05) is 13.0 Å². The number of nitrogens with zero attached hydrogens (tertiary/aromatic N) is 3. The Morgan fingerprint density at radius 1 is 1.30 bits per heavy atom. The number of hydrogen-bond donors (Lipinski definition) is 3. The van der Waals surface area contributed by atoms with Gasteiger partial charge in [0.1, 0.15) is 10.9 Å². The molecule has 0 amide bonds. The summed E-state index contributed by atoms with van der Waals surface area (Å²) in [6.07, 6.45) is 2.03. The van der Waals surface area contributed by atoms with Crippen LogP contribution in [0.4, 0.5) is 5.95 Å². The standard InChI is InChI=1S/C15H14N6O2/c1-8-3-2-4-10-12(8)18-11(23-10)5-6-16-15-19-13-9(7-17-21-13)14(22)20-15/h2-4,7H,5-6H2,1H3,(H3,16,17,19,20,21,22). The molecule has 116 valence electrons. The first-order chi connectivity index (χ1) is 11.2. The molecular weight excluding hydrogens is 296 g/mol. The number of aromatic nitrogens is 5. The second-order valence-corrected chi connectivity index (χ2v) is 5.25. The summed E-state index contributed by atoms with van der Waals surface area (Å²) in [6.45, 7) is 2.54. The minimum Gasteiger partial charge on any atom is -0.441 e. The van der Waals surface area contributed by atoms with Crippen LogP contribution in [0.25, 0.3) is 22.1 Å². The summed E-state index contributed by atoms with van der Waals surface area (Å²) >= 11 is 0. The van der Waals surface area contributed by atoms with E-state index in [2.05, 4.69) is 30.5 Å². The van der Waals surface area contributed by atoms with Crippen LogP contribution in [0.2, 0.25) is 0 Å². The van der Waals surface area contributed by atoms with Gasteiger partial charge in [0.25, 0.3) is 5.56 Å². The highest BCUT2D eigenvalue weighted by molar-refractivity contribution is 5.76. The topological polar surface area (TPSA) is 112 Å². The van der Waals surface area contributed by atoms with Gasteiger partial charge in [-0.15, -0.1) is 0 Å². The number of para-hydroxylation sites is 1. The van der Waals surface area contributed by atoms with Crippen molar-refractivity contribution in [2.24, 2.45) is 0 Å². The van der Waals surface area contributed by atoms with Crippen LogP contribution < -0.4 is 10.9 Å². The van der Waals surface area contributed by atoms with Gasteiger partial charge in [0.15, 0.2) is 17.1 Å². The lowest BCUT2D eigenvalue weighted by molar-refractivity contribution is 0.533. The average Bonchev–Trinajstić information content (AvgIpc) is 3.14. The van der Waals surface area contributed by atoms with Gasteiger partial charge in [-0.1, -0.05) is 12.1 Å². The maximum Gasteiger partial charge on any atom is 0.263 e. The van der Waals surface area contributed by atoms with Crippen molar-refractivity contribution < 1.29 is 4.42 Å². The number of anilines is 1. The molecule has 3 heterocycles. The molecule has 3 aromatic heterocycles. The van der Waals surface area contributed by atoms with Crippen molar-refractivity contribution in [3.8, 4) is 0 Å². The summed E-state index contributed by atoms with van der Waals surface area (Å²) in [5.74, 6) is 1.03. The minimum atomic E-state index is -0.233. The first kappa shape index (κ1) is 13.5. The molecule has 0 atom stereocenters. The number of fused-ring (bicyclic) bond motifs is 2. The Balaban J connectivity index is 1.49. The molecule has 8 nitrogen and oxygen atoms in total. The zero-order valence-electron chi connectivity index (χ0n) is 12.4. The number of nitrogens with one attached hydrogen (secondary N) is 3. The zero-order valence-corrected chi connectivity index (χ0v) is 12.4. The highest BCUT2D eigenvalue weighted by Crippen LogP contribution is 2.19. The van der Waals surface area contributed by atoms with E-state index in [1.54, 1.807) is 0 Å². The number of H-pyrrole nitrogens is 2. The van der Waals surface area contributed by atoms with Gasteiger partial charge in [-0.3, -0.25) is 14.9 Å². The molecule has 0 spiro atoms. The largest absolute Gasteiger partial charge is 0.441 e. The van der Waals surface area contributed by atoms with E-state index >= 15 is 0 Å². The monoisotopic (exact) mass is 310 g/mol. The van der Waals surface area contributed by atoms with Crippen molar-refractivity contribution in [3.05, 3.63) is 46.2 Å². The number of oxazole rings is 1. The lowest BCUT2D eigenvalue weighted by Gasteiger charge is -2.02. The average molecular weight is 310 g/mol. The van der Waals surface area contributed by atoms with Gasteiger partial charge in [-0.2, -0.15) is 10.1 Å². The number of hydrogen-bond acceptors (Lipinski definition) is 6. The Hall–Kier alpha value is -3.16. The number of aromatic amines is 2. The van der Waals surface area contributed by atoms with E-state index in [1.165, 1.54) is 6.20 Å². The van der Waals surface area contributed by atoms with E-state index < -0.39 is 0 Å². The first-order valence-corrected chi connectivity index (χ1v) is 7.23. The van der Waals surface area contributed by atoms with Crippen molar-refractivity contribution in [1.82, 2.24) is 25.1 Å².